The second kappa shape index (κ2) is 9.24. The number of benzene rings is 2. The first-order valence-electron chi connectivity index (χ1n) is 12.1. The van der Waals surface area contributed by atoms with Crippen LogP contribution >= 0.6 is 7.14 Å². The Bertz CT molecular complexity index is 1410. The highest BCUT2D eigenvalue weighted by molar-refractivity contribution is 7.70. The van der Waals surface area contributed by atoms with Crippen molar-refractivity contribution in [3.63, 3.8) is 0 Å². The molecule has 0 spiro atoms. The Hall–Kier alpha value is -3.40. The molecule has 8 nitrogen and oxygen atoms in total. The van der Waals surface area contributed by atoms with Gasteiger partial charge in [0, 0.05) is 29.0 Å². The third-order valence-electron chi connectivity index (χ3n) is 6.87. The van der Waals surface area contributed by atoms with Crippen LogP contribution in [0.4, 0.5) is 17.3 Å². The topological polar surface area (TPSA) is 120 Å². The van der Waals surface area contributed by atoms with E-state index < -0.39 is 12.6 Å². The number of rotatable bonds is 8. The Balaban J connectivity index is 1.50. The largest absolute Gasteiger partial charge is 0.491 e. The van der Waals surface area contributed by atoms with Gasteiger partial charge in [-0.3, -0.25) is 0 Å². The van der Waals surface area contributed by atoms with Gasteiger partial charge in [0.25, 0.3) is 0 Å². The van der Waals surface area contributed by atoms with Crippen LogP contribution in [0.1, 0.15) is 30.9 Å². The molecule has 9 heteroatoms. The van der Waals surface area contributed by atoms with Gasteiger partial charge >= 0.3 is 0 Å². The van der Waals surface area contributed by atoms with Gasteiger partial charge in [0.05, 0.1) is 35.8 Å². The predicted molar refractivity (Wildman–Crippen MR) is 142 cm³/mol. The van der Waals surface area contributed by atoms with Crippen LogP contribution in [0.3, 0.4) is 0 Å². The summed E-state index contributed by atoms with van der Waals surface area (Å²) in [5, 5.41) is 27.0. The highest BCUT2D eigenvalue weighted by atomic mass is 31.2. The molecule has 0 bridgehead atoms. The average Bonchev–Trinajstić information content (AvgIpc) is 3.64. The lowest BCUT2D eigenvalue weighted by atomic mass is 9.83. The summed E-state index contributed by atoms with van der Waals surface area (Å²) >= 11 is 0. The summed E-state index contributed by atoms with van der Waals surface area (Å²) in [5.41, 5.74) is 3.78. The van der Waals surface area contributed by atoms with E-state index in [9.17, 15) is 14.9 Å². The number of aliphatic hydroxyl groups excluding tert-OH is 1. The quantitative estimate of drug-likeness (QED) is 0.385. The van der Waals surface area contributed by atoms with Gasteiger partial charge in [-0.15, -0.1) is 0 Å². The summed E-state index contributed by atoms with van der Waals surface area (Å²) in [7, 11) is -2.48. The first-order chi connectivity index (χ1) is 17.2. The molecule has 1 aliphatic carbocycles. The van der Waals surface area contributed by atoms with E-state index in [0.29, 0.717) is 47.7 Å². The van der Waals surface area contributed by atoms with Crippen molar-refractivity contribution in [3.05, 3.63) is 53.7 Å². The fraction of sp³-hybridized carbons (Fsp3) is 0.370. The normalized spacial score (nSPS) is 18.8. The van der Waals surface area contributed by atoms with Crippen molar-refractivity contribution in [2.45, 2.75) is 25.2 Å². The molecule has 3 aromatic rings. The smallest absolute Gasteiger partial charge is 0.227 e. The summed E-state index contributed by atoms with van der Waals surface area (Å²) in [6.45, 7) is 6.63. The zero-order valence-electron chi connectivity index (χ0n) is 20.7. The van der Waals surface area contributed by atoms with Crippen LogP contribution in [-0.2, 0) is 9.98 Å². The number of nitrogens with one attached hydrogen (secondary N) is 2. The summed E-state index contributed by atoms with van der Waals surface area (Å²) in [4.78, 5) is 9.11. The summed E-state index contributed by atoms with van der Waals surface area (Å²) in [5.74, 6) is 1.63. The molecule has 2 aliphatic rings. The average molecular weight is 504 g/mol. The molecule has 0 amide bonds. The molecule has 1 saturated carbocycles. The van der Waals surface area contributed by atoms with Crippen LogP contribution in [0, 0.1) is 17.2 Å². The van der Waals surface area contributed by atoms with E-state index in [1.807, 2.05) is 31.2 Å². The van der Waals surface area contributed by atoms with Crippen molar-refractivity contribution < 1.29 is 14.4 Å². The Kier molecular flexibility index (Phi) is 6.23. The number of nitrogens with zero attached hydrogens (tertiary/aromatic N) is 3. The number of nitriles is 1. The maximum Gasteiger partial charge on any atom is 0.227 e. The molecule has 1 atom stereocenters. The van der Waals surface area contributed by atoms with Crippen molar-refractivity contribution in [2.24, 2.45) is 5.92 Å². The van der Waals surface area contributed by atoms with Gasteiger partial charge < -0.3 is 25.0 Å². The fourth-order valence-corrected chi connectivity index (χ4v) is 5.21. The molecule has 2 aromatic carbocycles. The Morgan fingerprint density at radius 1 is 1.28 bits per heavy atom. The molecular formula is C27H30N5O3P. The minimum Gasteiger partial charge on any atom is -0.491 e. The summed E-state index contributed by atoms with van der Waals surface area (Å²) in [6, 6.07) is 13.4. The zero-order chi connectivity index (χ0) is 25.5. The van der Waals surface area contributed by atoms with Crippen molar-refractivity contribution in [1.29, 1.82) is 5.26 Å². The molecule has 1 fully saturated rings. The molecule has 1 aromatic heterocycles. The van der Waals surface area contributed by atoms with Crippen molar-refractivity contribution in [2.75, 3.05) is 43.7 Å². The molecular weight excluding hydrogens is 473 g/mol. The van der Waals surface area contributed by atoms with Gasteiger partial charge in [0.15, 0.2) is 0 Å². The number of aliphatic hydroxyl groups is 1. The lowest BCUT2D eigenvalue weighted by Crippen LogP contribution is -2.28. The number of anilines is 3. The maximum absolute atomic E-state index is 12.7. The van der Waals surface area contributed by atoms with Crippen LogP contribution < -0.4 is 20.7 Å². The number of hydrogen-bond acceptors (Lipinski definition) is 8. The lowest BCUT2D eigenvalue weighted by molar-refractivity contribution is 0.219. The highest BCUT2D eigenvalue weighted by Gasteiger charge is 2.36. The van der Waals surface area contributed by atoms with Crippen LogP contribution in [0.25, 0.3) is 11.3 Å². The molecule has 186 valence electrons. The van der Waals surface area contributed by atoms with Gasteiger partial charge in [-0.05, 0) is 74.1 Å². The third kappa shape index (κ3) is 4.82. The van der Waals surface area contributed by atoms with Gasteiger partial charge in [-0.2, -0.15) is 5.26 Å². The number of ether oxygens (including phenoxy) is 1. The van der Waals surface area contributed by atoms with Crippen molar-refractivity contribution in [1.82, 2.24) is 9.97 Å². The minimum absolute atomic E-state index is 0.0312. The van der Waals surface area contributed by atoms with E-state index in [2.05, 4.69) is 21.7 Å². The molecule has 0 radical (unpaired) electrons. The highest BCUT2D eigenvalue weighted by Crippen LogP contribution is 2.42. The first-order valence-corrected chi connectivity index (χ1v) is 14.7. The minimum atomic E-state index is -2.48. The van der Waals surface area contributed by atoms with Crippen molar-refractivity contribution >= 4 is 29.8 Å². The molecule has 5 rings (SSSR count). The predicted octanol–water partition coefficient (Wildman–Crippen LogP) is 4.47. The summed E-state index contributed by atoms with van der Waals surface area (Å²) < 4.78 is 18.8. The van der Waals surface area contributed by atoms with E-state index in [1.165, 1.54) is 12.8 Å². The van der Waals surface area contributed by atoms with Crippen LogP contribution in [0.5, 0.6) is 5.75 Å². The SMILES string of the molecule is C[C@]1(CO)CNc2c(C#N)cc(-c3ccnc(Nc4cc(P(C)(C)=O)ccc4OCC4CC4)n3)cc21. The van der Waals surface area contributed by atoms with E-state index in [4.69, 9.17) is 9.72 Å². The number of aromatic nitrogens is 2. The standard InChI is InChI=1S/C27H30N5O3P/c1-27(16-33)15-30-25-19(13-28)10-18(11-21(25)27)22-8-9-29-26(31-22)32-23-12-20(36(2,3)34)6-7-24(23)35-14-17-4-5-17/h6-12,17,30,33H,4-5,14-16H2,1-3H3,(H,29,31,32)/t27-/m1/s1. The molecule has 36 heavy (non-hydrogen) atoms. The van der Waals surface area contributed by atoms with Gasteiger partial charge in [0.2, 0.25) is 5.95 Å². The third-order valence-corrected chi connectivity index (χ3v) is 8.39. The Morgan fingerprint density at radius 2 is 2.08 bits per heavy atom. The molecule has 3 N–H and O–H groups in total. The molecule has 2 heterocycles. The lowest BCUT2D eigenvalue weighted by Gasteiger charge is -2.21. The number of hydrogen-bond donors (Lipinski definition) is 3. The van der Waals surface area contributed by atoms with Crippen LogP contribution in [-0.4, -0.2) is 48.2 Å². The van der Waals surface area contributed by atoms with E-state index >= 15 is 0 Å². The second-order valence-corrected chi connectivity index (χ2v) is 13.5. The Labute approximate surface area is 211 Å². The zero-order valence-corrected chi connectivity index (χ0v) is 21.6. The van der Waals surface area contributed by atoms with Gasteiger partial charge in [0.1, 0.15) is 19.0 Å². The van der Waals surface area contributed by atoms with Crippen LogP contribution in [0.15, 0.2) is 42.6 Å². The maximum atomic E-state index is 12.7. The van der Waals surface area contributed by atoms with Gasteiger partial charge in [-0.25, -0.2) is 9.97 Å². The molecule has 0 saturated heterocycles. The second-order valence-electron chi connectivity index (χ2n) is 10.3. The summed E-state index contributed by atoms with van der Waals surface area (Å²) in [6.07, 6.45) is 4.02. The van der Waals surface area contributed by atoms with E-state index in [0.717, 1.165) is 22.1 Å². The first kappa shape index (κ1) is 24.3. The van der Waals surface area contributed by atoms with Gasteiger partial charge in [-0.1, -0.05) is 6.92 Å². The monoisotopic (exact) mass is 503 g/mol. The Morgan fingerprint density at radius 3 is 2.78 bits per heavy atom. The van der Waals surface area contributed by atoms with E-state index in [-0.39, 0.29) is 6.61 Å². The van der Waals surface area contributed by atoms with Crippen molar-refractivity contribution in [3.8, 4) is 23.1 Å². The van der Waals surface area contributed by atoms with Crippen LogP contribution in [0.2, 0.25) is 0 Å². The molecule has 0 unspecified atom stereocenters. The fourth-order valence-electron chi connectivity index (χ4n) is 4.33. The number of fused-ring (bicyclic) bond motifs is 1. The molecule has 1 aliphatic heterocycles. The van der Waals surface area contributed by atoms with E-state index in [1.54, 1.807) is 31.7 Å².